The molecule has 0 heterocycles. The Morgan fingerprint density at radius 2 is 1.83 bits per heavy atom. The zero-order valence-corrected chi connectivity index (χ0v) is 15.8. The monoisotopic (exact) mass is 388 g/mol. The molecule has 0 aliphatic rings. The third kappa shape index (κ3) is 4.68. The molecule has 0 saturated carbocycles. The van der Waals surface area contributed by atoms with Gasteiger partial charge in [-0.3, -0.25) is 4.79 Å². The van der Waals surface area contributed by atoms with Crippen LogP contribution in [-0.4, -0.2) is 19.2 Å². The van der Waals surface area contributed by atoms with Gasteiger partial charge in [0, 0.05) is 5.56 Å². The number of hydrogen-bond donors (Lipinski definition) is 1. The number of amides is 1. The summed E-state index contributed by atoms with van der Waals surface area (Å²) in [7, 11) is 1.61. The van der Waals surface area contributed by atoms with Crippen LogP contribution >= 0.6 is 15.9 Å². The maximum absolute atomic E-state index is 12.1. The maximum Gasteiger partial charge on any atom is 0.271 e. The molecular formula is C19H21BrN2O2. The minimum absolute atomic E-state index is 0.0644. The van der Waals surface area contributed by atoms with Crippen LogP contribution in [0.25, 0.3) is 0 Å². The first-order valence-corrected chi connectivity index (χ1v) is 8.38. The third-order valence-corrected chi connectivity index (χ3v) is 4.19. The first-order valence-electron chi connectivity index (χ1n) is 7.59. The number of hydrazone groups is 1. The zero-order chi connectivity index (χ0) is 17.7. The summed E-state index contributed by atoms with van der Waals surface area (Å²) in [4.78, 5) is 12.1. The van der Waals surface area contributed by atoms with Gasteiger partial charge in [-0.1, -0.05) is 32.9 Å². The molecular weight excluding hydrogens is 368 g/mol. The van der Waals surface area contributed by atoms with Gasteiger partial charge in [0.25, 0.3) is 5.91 Å². The second-order valence-corrected chi connectivity index (χ2v) is 7.27. The fourth-order valence-electron chi connectivity index (χ4n) is 2.11. The lowest BCUT2D eigenvalue weighted by molar-refractivity contribution is 0.0955. The third-order valence-electron chi connectivity index (χ3n) is 3.57. The van der Waals surface area contributed by atoms with Gasteiger partial charge >= 0.3 is 0 Å². The summed E-state index contributed by atoms with van der Waals surface area (Å²) in [5.74, 6) is 0.509. The van der Waals surface area contributed by atoms with Crippen molar-refractivity contribution in [3.05, 3.63) is 63.6 Å². The molecule has 0 aromatic heterocycles. The van der Waals surface area contributed by atoms with Crippen molar-refractivity contribution in [2.75, 3.05) is 7.11 Å². The molecule has 126 valence electrons. The van der Waals surface area contributed by atoms with E-state index in [1.54, 1.807) is 13.3 Å². The number of halogens is 1. The maximum atomic E-state index is 12.1. The van der Waals surface area contributed by atoms with Crippen LogP contribution in [0.5, 0.6) is 5.75 Å². The Labute approximate surface area is 151 Å². The number of ether oxygens (including phenoxy) is 1. The second kappa shape index (κ2) is 7.62. The number of methoxy groups -OCH3 is 1. The van der Waals surface area contributed by atoms with E-state index in [-0.39, 0.29) is 11.3 Å². The summed E-state index contributed by atoms with van der Waals surface area (Å²) in [5, 5.41) is 4.00. The van der Waals surface area contributed by atoms with Crippen LogP contribution in [0.15, 0.2) is 52.0 Å². The van der Waals surface area contributed by atoms with Gasteiger partial charge in [0.05, 0.1) is 17.8 Å². The Bertz CT molecular complexity index is 747. The fourth-order valence-corrected chi connectivity index (χ4v) is 2.67. The quantitative estimate of drug-likeness (QED) is 0.618. The van der Waals surface area contributed by atoms with E-state index in [0.717, 1.165) is 15.8 Å². The largest absolute Gasteiger partial charge is 0.496 e. The van der Waals surface area contributed by atoms with Gasteiger partial charge < -0.3 is 4.74 Å². The lowest BCUT2D eigenvalue weighted by Crippen LogP contribution is -2.18. The molecule has 0 unspecified atom stereocenters. The Morgan fingerprint density at radius 1 is 1.17 bits per heavy atom. The lowest BCUT2D eigenvalue weighted by Gasteiger charge is -2.18. The zero-order valence-electron chi connectivity index (χ0n) is 14.3. The van der Waals surface area contributed by atoms with Crippen molar-refractivity contribution < 1.29 is 9.53 Å². The molecule has 0 aliphatic heterocycles. The number of rotatable bonds is 4. The molecule has 0 spiro atoms. The van der Waals surface area contributed by atoms with Crippen LogP contribution in [0.1, 0.15) is 42.3 Å². The highest BCUT2D eigenvalue weighted by atomic mass is 79.9. The molecule has 1 N–H and O–H groups in total. The average Bonchev–Trinajstić information content (AvgIpc) is 2.54. The fraction of sp³-hybridized carbons (Fsp3) is 0.263. The summed E-state index contributed by atoms with van der Waals surface area (Å²) >= 11 is 3.41. The van der Waals surface area contributed by atoms with Gasteiger partial charge in [-0.15, -0.1) is 0 Å². The van der Waals surface area contributed by atoms with Crippen molar-refractivity contribution in [3.63, 3.8) is 0 Å². The van der Waals surface area contributed by atoms with E-state index < -0.39 is 0 Å². The summed E-state index contributed by atoms with van der Waals surface area (Å²) in [6.07, 6.45) is 1.59. The van der Waals surface area contributed by atoms with Gasteiger partial charge in [0.15, 0.2) is 0 Å². The predicted molar refractivity (Wildman–Crippen MR) is 101 cm³/mol. The van der Waals surface area contributed by atoms with Crippen LogP contribution in [0.4, 0.5) is 0 Å². The molecule has 0 radical (unpaired) electrons. The Hall–Kier alpha value is -2.14. The molecule has 0 bridgehead atoms. The molecule has 0 aliphatic carbocycles. The van der Waals surface area contributed by atoms with E-state index in [4.69, 9.17) is 4.74 Å². The molecule has 0 atom stereocenters. The van der Waals surface area contributed by atoms with E-state index in [1.807, 2.05) is 42.5 Å². The van der Waals surface area contributed by atoms with Crippen LogP contribution in [0, 0.1) is 0 Å². The van der Waals surface area contributed by atoms with Gasteiger partial charge in [0.2, 0.25) is 0 Å². The highest BCUT2D eigenvalue weighted by Crippen LogP contribution is 2.25. The molecule has 2 aromatic carbocycles. The van der Waals surface area contributed by atoms with E-state index in [0.29, 0.717) is 5.56 Å². The van der Waals surface area contributed by atoms with Crippen LogP contribution in [0.2, 0.25) is 0 Å². The van der Waals surface area contributed by atoms with Crippen molar-refractivity contribution in [1.82, 2.24) is 5.43 Å². The molecule has 24 heavy (non-hydrogen) atoms. The summed E-state index contributed by atoms with van der Waals surface area (Å²) < 4.78 is 6.00. The molecule has 4 nitrogen and oxygen atoms in total. The van der Waals surface area contributed by atoms with Crippen molar-refractivity contribution in [3.8, 4) is 5.75 Å². The van der Waals surface area contributed by atoms with E-state index in [2.05, 4.69) is 47.2 Å². The Morgan fingerprint density at radius 3 is 2.38 bits per heavy atom. The lowest BCUT2D eigenvalue weighted by atomic mass is 9.87. The summed E-state index contributed by atoms with van der Waals surface area (Å²) in [6.45, 7) is 6.41. The normalized spacial score (nSPS) is 11.5. The van der Waals surface area contributed by atoms with Crippen molar-refractivity contribution in [2.45, 2.75) is 26.2 Å². The van der Waals surface area contributed by atoms with Crippen molar-refractivity contribution in [1.29, 1.82) is 0 Å². The first kappa shape index (κ1) is 18.2. The van der Waals surface area contributed by atoms with E-state index >= 15 is 0 Å². The summed E-state index contributed by atoms with van der Waals surface area (Å²) in [5.41, 5.74) is 5.22. The molecule has 1 amide bonds. The number of carbonyl (C=O) groups is 1. The first-order chi connectivity index (χ1) is 11.3. The molecule has 2 aromatic rings. The predicted octanol–water partition coefficient (Wildman–Crippen LogP) is 4.52. The second-order valence-electron chi connectivity index (χ2n) is 6.42. The van der Waals surface area contributed by atoms with E-state index in [9.17, 15) is 4.79 Å². The summed E-state index contributed by atoms with van der Waals surface area (Å²) in [6, 6.07) is 13.1. The number of hydrogen-bond acceptors (Lipinski definition) is 3. The highest BCUT2D eigenvalue weighted by molar-refractivity contribution is 9.10. The molecule has 2 rings (SSSR count). The number of carbonyl (C=O) groups excluding carboxylic acids is 1. The standard InChI is InChI=1S/C19H21BrN2O2/c1-19(2,3)15-8-6-14(7-9-15)18(23)22-21-12-13-5-10-17(24-4)16(20)11-13/h5-12H,1-4H3,(H,22,23). The minimum Gasteiger partial charge on any atom is -0.496 e. The smallest absolute Gasteiger partial charge is 0.271 e. The Kier molecular flexibility index (Phi) is 5.78. The highest BCUT2D eigenvalue weighted by Gasteiger charge is 2.14. The van der Waals surface area contributed by atoms with Crippen molar-refractivity contribution in [2.24, 2.45) is 5.10 Å². The SMILES string of the molecule is COc1ccc(C=NNC(=O)c2ccc(C(C)(C)C)cc2)cc1Br. The van der Waals surface area contributed by atoms with Gasteiger partial charge in [0.1, 0.15) is 5.75 Å². The number of nitrogens with zero attached hydrogens (tertiary/aromatic N) is 1. The number of benzene rings is 2. The average molecular weight is 389 g/mol. The van der Waals surface area contributed by atoms with Gasteiger partial charge in [-0.05, 0) is 62.8 Å². The van der Waals surface area contributed by atoms with Crippen LogP contribution < -0.4 is 10.2 Å². The topological polar surface area (TPSA) is 50.7 Å². The van der Waals surface area contributed by atoms with Gasteiger partial charge in [-0.2, -0.15) is 5.10 Å². The molecule has 5 heteroatoms. The van der Waals surface area contributed by atoms with Crippen LogP contribution in [-0.2, 0) is 5.41 Å². The Balaban J connectivity index is 2.01. The van der Waals surface area contributed by atoms with Crippen LogP contribution in [0.3, 0.4) is 0 Å². The minimum atomic E-state index is -0.237. The van der Waals surface area contributed by atoms with Crippen molar-refractivity contribution >= 4 is 28.1 Å². The van der Waals surface area contributed by atoms with Gasteiger partial charge in [-0.25, -0.2) is 5.43 Å². The number of nitrogens with one attached hydrogen (secondary N) is 1. The van der Waals surface area contributed by atoms with E-state index in [1.165, 1.54) is 5.56 Å². The molecule has 0 saturated heterocycles. The molecule has 0 fully saturated rings.